The van der Waals surface area contributed by atoms with Gasteiger partial charge in [0.2, 0.25) is 5.91 Å². The van der Waals surface area contributed by atoms with Gasteiger partial charge in [0.25, 0.3) is 0 Å². The predicted octanol–water partition coefficient (Wildman–Crippen LogP) is 2.48. The zero-order valence-corrected chi connectivity index (χ0v) is 10.9. The number of carbonyl (C=O) groups excluding carboxylic acids is 1. The fourth-order valence-corrected chi connectivity index (χ4v) is 1.85. The van der Waals surface area contributed by atoms with E-state index in [1.807, 2.05) is 31.2 Å². The molecular formula is C14H22N2O. The van der Waals surface area contributed by atoms with Crippen LogP contribution >= 0.6 is 0 Å². The number of benzene rings is 1. The highest BCUT2D eigenvalue weighted by molar-refractivity contribution is 5.97. The molecular weight excluding hydrogens is 212 g/mol. The minimum absolute atomic E-state index is 0.00671. The third-order valence-corrected chi connectivity index (χ3v) is 2.99. The van der Waals surface area contributed by atoms with Crippen molar-refractivity contribution >= 4 is 11.6 Å². The lowest BCUT2D eigenvalue weighted by Crippen LogP contribution is -2.42. The minimum Gasteiger partial charge on any atom is -0.320 e. The normalized spacial score (nSPS) is 12.2. The maximum atomic E-state index is 12.1. The van der Waals surface area contributed by atoms with E-state index < -0.39 is 0 Å². The molecule has 0 saturated carbocycles. The molecule has 0 aliphatic carbocycles. The monoisotopic (exact) mass is 234 g/mol. The van der Waals surface area contributed by atoms with E-state index in [2.05, 4.69) is 6.92 Å². The standard InChI is InChI=1S/C14H22N2O/c1-4-5-9-12(15)14(17)16(3)13-10-7-6-8-11(13)2/h6-8,10,12H,4-5,9,15H2,1-3H3/t12-/m0/s1. The third-order valence-electron chi connectivity index (χ3n) is 2.99. The Labute approximate surface area is 104 Å². The molecule has 2 N–H and O–H groups in total. The molecule has 1 aromatic carbocycles. The van der Waals surface area contributed by atoms with Gasteiger partial charge >= 0.3 is 0 Å². The molecule has 1 rings (SSSR count). The van der Waals surface area contributed by atoms with E-state index in [0.717, 1.165) is 30.5 Å². The molecule has 1 atom stereocenters. The average Bonchev–Trinajstić information content (AvgIpc) is 2.34. The number of aryl methyl sites for hydroxylation is 1. The highest BCUT2D eigenvalue weighted by Crippen LogP contribution is 2.18. The number of rotatable bonds is 5. The van der Waals surface area contributed by atoms with Gasteiger partial charge < -0.3 is 10.6 Å². The lowest BCUT2D eigenvalue weighted by molar-refractivity contribution is -0.119. The topological polar surface area (TPSA) is 46.3 Å². The summed E-state index contributed by atoms with van der Waals surface area (Å²) in [5.41, 5.74) is 7.92. The molecule has 0 heterocycles. The Bertz CT molecular complexity index is 376. The fraction of sp³-hybridized carbons (Fsp3) is 0.500. The van der Waals surface area contributed by atoms with Crippen LogP contribution in [0.1, 0.15) is 31.7 Å². The van der Waals surface area contributed by atoms with Gasteiger partial charge in [-0.05, 0) is 25.0 Å². The van der Waals surface area contributed by atoms with Crippen LogP contribution in [0.3, 0.4) is 0 Å². The number of likely N-dealkylation sites (N-methyl/N-ethyl adjacent to an activating group) is 1. The van der Waals surface area contributed by atoms with Gasteiger partial charge in [0, 0.05) is 12.7 Å². The average molecular weight is 234 g/mol. The molecule has 3 heteroatoms. The number of hydrogen-bond acceptors (Lipinski definition) is 2. The molecule has 0 saturated heterocycles. The summed E-state index contributed by atoms with van der Waals surface area (Å²) in [6, 6.07) is 7.45. The number of carbonyl (C=O) groups is 1. The van der Waals surface area contributed by atoms with Crippen LogP contribution in [0, 0.1) is 6.92 Å². The number of nitrogens with zero attached hydrogens (tertiary/aromatic N) is 1. The van der Waals surface area contributed by atoms with Crippen molar-refractivity contribution in [3.63, 3.8) is 0 Å². The second-order valence-corrected chi connectivity index (χ2v) is 4.43. The van der Waals surface area contributed by atoms with Crippen LogP contribution in [0.4, 0.5) is 5.69 Å². The Morgan fingerprint density at radius 3 is 2.65 bits per heavy atom. The van der Waals surface area contributed by atoms with Gasteiger partial charge in [0.15, 0.2) is 0 Å². The van der Waals surface area contributed by atoms with Crippen LogP contribution in [0.5, 0.6) is 0 Å². The molecule has 3 nitrogen and oxygen atoms in total. The quantitative estimate of drug-likeness (QED) is 0.850. The van der Waals surface area contributed by atoms with Crippen molar-refractivity contribution in [2.75, 3.05) is 11.9 Å². The van der Waals surface area contributed by atoms with Crippen molar-refractivity contribution in [1.29, 1.82) is 0 Å². The van der Waals surface area contributed by atoms with E-state index in [9.17, 15) is 4.79 Å². The van der Waals surface area contributed by atoms with Crippen molar-refractivity contribution < 1.29 is 4.79 Å². The van der Waals surface area contributed by atoms with Crippen molar-refractivity contribution in [1.82, 2.24) is 0 Å². The Kier molecular flexibility index (Phi) is 5.16. The molecule has 0 bridgehead atoms. The van der Waals surface area contributed by atoms with Gasteiger partial charge in [-0.2, -0.15) is 0 Å². The molecule has 94 valence electrons. The second kappa shape index (κ2) is 6.40. The van der Waals surface area contributed by atoms with E-state index >= 15 is 0 Å². The molecule has 0 aliphatic heterocycles. The molecule has 0 radical (unpaired) electrons. The number of unbranched alkanes of at least 4 members (excludes halogenated alkanes) is 1. The predicted molar refractivity (Wildman–Crippen MR) is 72.1 cm³/mol. The first kappa shape index (κ1) is 13.7. The van der Waals surface area contributed by atoms with Crippen molar-refractivity contribution in [2.45, 2.75) is 39.2 Å². The van der Waals surface area contributed by atoms with Crippen LogP contribution in [-0.2, 0) is 4.79 Å². The largest absolute Gasteiger partial charge is 0.320 e. The van der Waals surface area contributed by atoms with E-state index in [1.54, 1.807) is 11.9 Å². The summed E-state index contributed by atoms with van der Waals surface area (Å²) in [6.07, 6.45) is 2.81. The van der Waals surface area contributed by atoms with Crippen LogP contribution in [0.2, 0.25) is 0 Å². The number of para-hydroxylation sites is 1. The first-order valence-electron chi connectivity index (χ1n) is 6.16. The summed E-state index contributed by atoms with van der Waals surface area (Å²) in [6.45, 7) is 4.10. The van der Waals surface area contributed by atoms with Gasteiger partial charge in [-0.25, -0.2) is 0 Å². The second-order valence-electron chi connectivity index (χ2n) is 4.43. The van der Waals surface area contributed by atoms with Crippen LogP contribution in [0.25, 0.3) is 0 Å². The molecule has 0 aromatic heterocycles. The Morgan fingerprint density at radius 2 is 2.06 bits per heavy atom. The van der Waals surface area contributed by atoms with Gasteiger partial charge in [-0.15, -0.1) is 0 Å². The highest BCUT2D eigenvalue weighted by atomic mass is 16.2. The first-order valence-corrected chi connectivity index (χ1v) is 6.16. The Balaban J connectivity index is 2.73. The van der Waals surface area contributed by atoms with Crippen molar-refractivity contribution in [3.05, 3.63) is 29.8 Å². The lowest BCUT2D eigenvalue weighted by atomic mass is 10.1. The summed E-state index contributed by atoms with van der Waals surface area (Å²) >= 11 is 0. The lowest BCUT2D eigenvalue weighted by Gasteiger charge is -2.22. The summed E-state index contributed by atoms with van der Waals surface area (Å²) in [5, 5.41) is 0. The maximum absolute atomic E-state index is 12.1. The summed E-state index contributed by atoms with van der Waals surface area (Å²) in [5.74, 6) is -0.00671. The summed E-state index contributed by atoms with van der Waals surface area (Å²) in [7, 11) is 1.79. The van der Waals surface area contributed by atoms with Gasteiger partial charge in [0.1, 0.15) is 0 Å². The number of amides is 1. The molecule has 17 heavy (non-hydrogen) atoms. The summed E-state index contributed by atoms with van der Waals surface area (Å²) in [4.78, 5) is 13.8. The molecule has 0 spiro atoms. The molecule has 1 aromatic rings. The fourth-order valence-electron chi connectivity index (χ4n) is 1.85. The molecule has 1 amide bonds. The smallest absolute Gasteiger partial charge is 0.243 e. The number of nitrogens with two attached hydrogens (primary N) is 1. The maximum Gasteiger partial charge on any atom is 0.243 e. The third kappa shape index (κ3) is 3.56. The van der Waals surface area contributed by atoms with E-state index in [-0.39, 0.29) is 11.9 Å². The Hall–Kier alpha value is -1.35. The van der Waals surface area contributed by atoms with E-state index in [0.29, 0.717) is 0 Å². The van der Waals surface area contributed by atoms with Gasteiger partial charge in [-0.1, -0.05) is 38.0 Å². The number of anilines is 1. The van der Waals surface area contributed by atoms with Crippen LogP contribution < -0.4 is 10.6 Å². The van der Waals surface area contributed by atoms with E-state index in [1.165, 1.54) is 0 Å². The van der Waals surface area contributed by atoms with Crippen LogP contribution in [0.15, 0.2) is 24.3 Å². The molecule has 0 unspecified atom stereocenters. The molecule has 0 aliphatic rings. The van der Waals surface area contributed by atoms with Gasteiger partial charge in [0.05, 0.1) is 6.04 Å². The van der Waals surface area contributed by atoms with Crippen molar-refractivity contribution in [3.8, 4) is 0 Å². The SMILES string of the molecule is CCCC[C@H](N)C(=O)N(C)c1ccccc1C. The summed E-state index contributed by atoms with van der Waals surface area (Å²) < 4.78 is 0. The van der Waals surface area contributed by atoms with Crippen molar-refractivity contribution in [2.24, 2.45) is 5.73 Å². The van der Waals surface area contributed by atoms with Crippen LogP contribution in [-0.4, -0.2) is 19.0 Å². The zero-order chi connectivity index (χ0) is 12.8. The first-order chi connectivity index (χ1) is 8.07. The molecule has 0 fully saturated rings. The number of hydrogen-bond donors (Lipinski definition) is 1. The van der Waals surface area contributed by atoms with Gasteiger partial charge in [-0.3, -0.25) is 4.79 Å². The van der Waals surface area contributed by atoms with E-state index in [4.69, 9.17) is 5.73 Å². The minimum atomic E-state index is -0.389. The Morgan fingerprint density at radius 1 is 1.41 bits per heavy atom. The highest BCUT2D eigenvalue weighted by Gasteiger charge is 2.19. The zero-order valence-electron chi connectivity index (χ0n) is 10.9.